The second-order valence-corrected chi connectivity index (χ2v) is 6.42. The van der Waals surface area contributed by atoms with E-state index in [1.165, 1.54) is 32.1 Å². The Bertz CT molecular complexity index is 170. The Hall–Kier alpha value is 0. The van der Waals surface area contributed by atoms with Crippen LogP contribution in [0.15, 0.2) is 0 Å². The molecule has 0 bridgehead atoms. The van der Waals surface area contributed by atoms with Crippen LogP contribution in [0.2, 0.25) is 0 Å². The molecule has 0 aliphatic heterocycles. The van der Waals surface area contributed by atoms with Gasteiger partial charge in [-0.1, -0.05) is 77.6 Å². The van der Waals surface area contributed by atoms with Crippen molar-refractivity contribution in [3.8, 4) is 0 Å². The molecule has 16 heavy (non-hydrogen) atoms. The van der Waals surface area contributed by atoms with Crippen molar-refractivity contribution in [2.24, 2.45) is 17.8 Å². The maximum absolute atomic E-state index is 2.34. The highest BCUT2D eigenvalue weighted by atomic mass is 14.3. The van der Waals surface area contributed by atoms with E-state index in [2.05, 4.69) is 6.92 Å². The molecule has 0 aromatic rings. The van der Waals surface area contributed by atoms with Gasteiger partial charge in [0, 0.05) is 0 Å². The molecule has 0 heteroatoms. The lowest BCUT2D eigenvalue weighted by Gasteiger charge is -2.32. The Morgan fingerprint density at radius 2 is 1.25 bits per heavy atom. The molecule has 2 saturated carbocycles. The summed E-state index contributed by atoms with van der Waals surface area (Å²) in [6.45, 7) is 2.34. The monoisotopic (exact) mass is 222 g/mol. The third-order valence-corrected chi connectivity index (χ3v) is 5.05. The third kappa shape index (κ3) is 3.79. The molecule has 0 heterocycles. The van der Waals surface area contributed by atoms with Crippen LogP contribution in [-0.4, -0.2) is 0 Å². The van der Waals surface area contributed by atoms with Crippen molar-refractivity contribution in [3.63, 3.8) is 0 Å². The van der Waals surface area contributed by atoms with E-state index in [1.807, 2.05) is 0 Å². The Morgan fingerprint density at radius 1 is 0.688 bits per heavy atom. The maximum atomic E-state index is 2.34. The molecule has 0 nitrogen and oxygen atoms in total. The van der Waals surface area contributed by atoms with Crippen LogP contribution in [0.5, 0.6) is 0 Å². The van der Waals surface area contributed by atoms with Crippen LogP contribution in [0.1, 0.15) is 84.0 Å². The van der Waals surface area contributed by atoms with Gasteiger partial charge in [0.05, 0.1) is 0 Å². The van der Waals surface area contributed by atoms with Crippen molar-refractivity contribution in [1.29, 1.82) is 0 Å². The molecule has 0 radical (unpaired) electrons. The molecule has 0 saturated heterocycles. The molecule has 2 fully saturated rings. The van der Waals surface area contributed by atoms with E-state index in [9.17, 15) is 0 Å². The minimum Gasteiger partial charge on any atom is -0.0654 e. The lowest BCUT2D eigenvalue weighted by molar-refractivity contribution is 0.206. The van der Waals surface area contributed by atoms with Crippen LogP contribution in [-0.2, 0) is 0 Å². The molecule has 2 aliphatic carbocycles. The molecular formula is C16H30. The summed E-state index contributed by atoms with van der Waals surface area (Å²) in [4.78, 5) is 0. The topological polar surface area (TPSA) is 0 Å². The summed E-state index contributed by atoms with van der Waals surface area (Å²) in [5.41, 5.74) is 0. The van der Waals surface area contributed by atoms with E-state index >= 15 is 0 Å². The predicted octanol–water partition coefficient (Wildman–Crippen LogP) is 5.56. The number of rotatable bonds is 4. The summed E-state index contributed by atoms with van der Waals surface area (Å²) in [5.74, 6) is 3.31. The molecule has 0 aromatic carbocycles. The van der Waals surface area contributed by atoms with E-state index in [4.69, 9.17) is 0 Å². The fourth-order valence-corrected chi connectivity index (χ4v) is 4.06. The van der Waals surface area contributed by atoms with Gasteiger partial charge in [0.2, 0.25) is 0 Å². The highest BCUT2D eigenvalue weighted by Gasteiger charge is 2.24. The van der Waals surface area contributed by atoms with Crippen LogP contribution in [0.4, 0.5) is 0 Å². The molecule has 0 spiro atoms. The van der Waals surface area contributed by atoms with Gasteiger partial charge in [-0.2, -0.15) is 0 Å². The second-order valence-electron chi connectivity index (χ2n) is 6.42. The van der Waals surface area contributed by atoms with Crippen LogP contribution < -0.4 is 0 Å². The summed E-state index contributed by atoms with van der Waals surface area (Å²) >= 11 is 0. The third-order valence-electron chi connectivity index (χ3n) is 5.05. The molecule has 2 aliphatic rings. The molecular weight excluding hydrogens is 192 g/mol. The molecule has 0 N–H and O–H groups in total. The Morgan fingerprint density at radius 3 is 1.88 bits per heavy atom. The fraction of sp³-hybridized carbons (Fsp3) is 1.00. The first kappa shape index (κ1) is 12.5. The van der Waals surface area contributed by atoms with Crippen LogP contribution in [0.25, 0.3) is 0 Å². The summed E-state index contributed by atoms with van der Waals surface area (Å²) in [5, 5.41) is 0. The van der Waals surface area contributed by atoms with Gasteiger partial charge in [-0.05, 0) is 24.2 Å². The SMILES string of the molecule is CCC[C@H]1CC[C@H](CC2CCCCC2)CC1. The maximum Gasteiger partial charge on any atom is -0.0411 e. The van der Waals surface area contributed by atoms with E-state index in [1.54, 1.807) is 44.9 Å². The Labute approximate surface area is 102 Å². The summed E-state index contributed by atoms with van der Waals surface area (Å²) in [7, 11) is 0. The molecule has 0 aromatic heterocycles. The lowest BCUT2D eigenvalue weighted by Crippen LogP contribution is -2.18. The normalized spacial score (nSPS) is 32.8. The van der Waals surface area contributed by atoms with Crippen LogP contribution >= 0.6 is 0 Å². The molecule has 0 amide bonds. The van der Waals surface area contributed by atoms with E-state index in [0.717, 1.165) is 17.8 Å². The Kier molecular flexibility index (Phi) is 5.19. The minimum atomic E-state index is 1.09. The van der Waals surface area contributed by atoms with E-state index in [0.29, 0.717) is 0 Å². The lowest BCUT2D eigenvalue weighted by atomic mass is 9.74. The van der Waals surface area contributed by atoms with Gasteiger partial charge in [-0.15, -0.1) is 0 Å². The van der Waals surface area contributed by atoms with Gasteiger partial charge in [0.15, 0.2) is 0 Å². The minimum absolute atomic E-state index is 1.09. The van der Waals surface area contributed by atoms with E-state index < -0.39 is 0 Å². The van der Waals surface area contributed by atoms with Crippen molar-refractivity contribution >= 4 is 0 Å². The standard InChI is InChI=1S/C16H30/c1-2-6-14-9-11-16(12-10-14)13-15-7-4-3-5-8-15/h14-16H,2-13H2,1H3/t14-,16-. The number of hydrogen-bond donors (Lipinski definition) is 0. The van der Waals surface area contributed by atoms with Gasteiger partial charge >= 0.3 is 0 Å². The molecule has 2 rings (SSSR count). The smallest absolute Gasteiger partial charge is 0.0411 e. The van der Waals surface area contributed by atoms with Crippen LogP contribution in [0, 0.1) is 17.8 Å². The first-order valence-corrected chi connectivity index (χ1v) is 7.88. The van der Waals surface area contributed by atoms with E-state index in [-0.39, 0.29) is 0 Å². The zero-order valence-corrected chi connectivity index (χ0v) is 11.2. The first-order valence-electron chi connectivity index (χ1n) is 7.88. The summed E-state index contributed by atoms with van der Waals surface area (Å²) < 4.78 is 0. The average Bonchev–Trinajstić information content (AvgIpc) is 2.33. The molecule has 0 atom stereocenters. The van der Waals surface area contributed by atoms with Gasteiger partial charge in [-0.25, -0.2) is 0 Å². The largest absolute Gasteiger partial charge is 0.0654 e. The van der Waals surface area contributed by atoms with Gasteiger partial charge in [-0.3, -0.25) is 0 Å². The van der Waals surface area contributed by atoms with Gasteiger partial charge in [0.1, 0.15) is 0 Å². The van der Waals surface area contributed by atoms with Crippen molar-refractivity contribution < 1.29 is 0 Å². The highest BCUT2D eigenvalue weighted by molar-refractivity contribution is 4.76. The van der Waals surface area contributed by atoms with Crippen molar-refractivity contribution in [3.05, 3.63) is 0 Å². The number of hydrogen-bond acceptors (Lipinski definition) is 0. The first-order chi connectivity index (χ1) is 7.88. The van der Waals surface area contributed by atoms with Crippen molar-refractivity contribution in [2.45, 2.75) is 84.0 Å². The van der Waals surface area contributed by atoms with Crippen molar-refractivity contribution in [1.82, 2.24) is 0 Å². The highest BCUT2D eigenvalue weighted by Crippen LogP contribution is 2.37. The zero-order valence-electron chi connectivity index (χ0n) is 11.2. The fourth-order valence-electron chi connectivity index (χ4n) is 4.06. The van der Waals surface area contributed by atoms with Crippen LogP contribution in [0.3, 0.4) is 0 Å². The summed E-state index contributed by atoms with van der Waals surface area (Å²) in [6.07, 6.45) is 18.3. The van der Waals surface area contributed by atoms with Crippen molar-refractivity contribution in [2.75, 3.05) is 0 Å². The summed E-state index contributed by atoms with van der Waals surface area (Å²) in [6, 6.07) is 0. The average molecular weight is 222 g/mol. The Balaban J connectivity index is 1.64. The van der Waals surface area contributed by atoms with Gasteiger partial charge < -0.3 is 0 Å². The predicted molar refractivity (Wildman–Crippen MR) is 71.5 cm³/mol. The second kappa shape index (κ2) is 6.67. The quantitative estimate of drug-likeness (QED) is 0.584. The molecule has 0 unspecified atom stereocenters. The zero-order chi connectivity index (χ0) is 11.2. The molecule has 94 valence electrons. The van der Waals surface area contributed by atoms with Gasteiger partial charge in [0.25, 0.3) is 0 Å².